The monoisotopic (exact) mass is 248 g/mol. The van der Waals surface area contributed by atoms with Gasteiger partial charge in [-0.1, -0.05) is 24.4 Å². The maximum atomic E-state index is 12.2. The van der Waals surface area contributed by atoms with E-state index in [0.717, 1.165) is 4.90 Å². The molecule has 6 heteroatoms. The third-order valence-corrected chi connectivity index (χ3v) is 2.22. The molecule has 0 bridgehead atoms. The zero-order valence-corrected chi connectivity index (χ0v) is 9.40. The summed E-state index contributed by atoms with van der Waals surface area (Å²) in [5.74, 6) is 0. The summed E-state index contributed by atoms with van der Waals surface area (Å²) >= 11 is 4.78. The van der Waals surface area contributed by atoms with Crippen molar-refractivity contribution < 1.29 is 13.2 Å². The second-order valence-electron chi connectivity index (χ2n) is 3.35. The van der Waals surface area contributed by atoms with E-state index in [1.165, 1.54) is 7.05 Å². The van der Waals surface area contributed by atoms with Gasteiger partial charge in [0.15, 0.2) is 0 Å². The van der Waals surface area contributed by atoms with Crippen molar-refractivity contribution in [3.05, 3.63) is 29.8 Å². The average molecular weight is 248 g/mol. The summed E-state index contributed by atoms with van der Waals surface area (Å²) in [6.07, 6.45) is -4.25. The van der Waals surface area contributed by atoms with Gasteiger partial charge in [0.1, 0.15) is 11.5 Å². The highest BCUT2D eigenvalue weighted by atomic mass is 32.1. The molecule has 16 heavy (non-hydrogen) atoms. The van der Waals surface area contributed by atoms with Gasteiger partial charge in [-0.15, -0.1) is 0 Å². The zero-order chi connectivity index (χ0) is 12.3. The third-order valence-electron chi connectivity index (χ3n) is 2.00. The van der Waals surface area contributed by atoms with E-state index in [1.807, 2.05) is 0 Å². The molecule has 0 aliphatic heterocycles. The van der Waals surface area contributed by atoms with Crippen LogP contribution in [0.25, 0.3) is 0 Å². The number of hydrogen-bond donors (Lipinski definition) is 1. The first kappa shape index (κ1) is 12.8. The van der Waals surface area contributed by atoms with Crippen molar-refractivity contribution in [1.29, 1.82) is 0 Å². The van der Waals surface area contributed by atoms with Crippen LogP contribution >= 0.6 is 12.2 Å². The molecule has 0 atom stereocenters. The van der Waals surface area contributed by atoms with Crippen LogP contribution in [0.15, 0.2) is 24.3 Å². The third kappa shape index (κ3) is 3.37. The zero-order valence-electron chi connectivity index (χ0n) is 8.58. The second kappa shape index (κ2) is 4.69. The topological polar surface area (TPSA) is 29.3 Å². The van der Waals surface area contributed by atoms with Crippen molar-refractivity contribution in [3.63, 3.8) is 0 Å². The molecule has 1 rings (SSSR count). The van der Waals surface area contributed by atoms with Crippen LogP contribution in [0.5, 0.6) is 0 Å². The van der Waals surface area contributed by atoms with Crippen molar-refractivity contribution in [2.45, 2.75) is 6.18 Å². The lowest BCUT2D eigenvalue weighted by Gasteiger charge is -2.23. The molecule has 0 heterocycles. The van der Waals surface area contributed by atoms with Crippen LogP contribution in [0.4, 0.5) is 18.9 Å². The number of hydrogen-bond acceptors (Lipinski definition) is 2. The maximum absolute atomic E-state index is 12.2. The number of halogens is 3. The standard InChI is InChI=1S/C10H11F3N2S/c1-15(6-10(11,12)13)8-5-3-2-4-7(8)9(14)16/h2-5H,6H2,1H3,(H2,14,16). The molecule has 88 valence electrons. The van der Waals surface area contributed by atoms with Crippen molar-refractivity contribution in [3.8, 4) is 0 Å². The lowest BCUT2D eigenvalue weighted by molar-refractivity contribution is -0.119. The molecular weight excluding hydrogens is 237 g/mol. The molecule has 0 amide bonds. The Labute approximate surface area is 96.8 Å². The van der Waals surface area contributed by atoms with Crippen LogP contribution in [-0.2, 0) is 0 Å². The normalized spacial score (nSPS) is 11.2. The highest BCUT2D eigenvalue weighted by Gasteiger charge is 2.30. The minimum atomic E-state index is -4.25. The largest absolute Gasteiger partial charge is 0.405 e. The molecule has 0 aliphatic rings. The van der Waals surface area contributed by atoms with E-state index < -0.39 is 12.7 Å². The Bertz CT molecular complexity index is 390. The fourth-order valence-electron chi connectivity index (χ4n) is 1.37. The molecule has 2 nitrogen and oxygen atoms in total. The van der Waals surface area contributed by atoms with E-state index in [9.17, 15) is 13.2 Å². The lowest BCUT2D eigenvalue weighted by atomic mass is 10.1. The van der Waals surface area contributed by atoms with Gasteiger partial charge >= 0.3 is 6.18 Å². The molecule has 2 N–H and O–H groups in total. The predicted molar refractivity (Wildman–Crippen MR) is 61.7 cm³/mol. The van der Waals surface area contributed by atoms with Crippen LogP contribution in [0.3, 0.4) is 0 Å². The molecule has 1 aromatic carbocycles. The maximum Gasteiger partial charge on any atom is 0.405 e. The van der Waals surface area contributed by atoms with Crippen molar-refractivity contribution in [2.24, 2.45) is 5.73 Å². The van der Waals surface area contributed by atoms with Gasteiger partial charge in [0, 0.05) is 18.3 Å². The summed E-state index contributed by atoms with van der Waals surface area (Å²) in [5.41, 5.74) is 6.27. The lowest BCUT2D eigenvalue weighted by Crippen LogP contribution is -2.32. The quantitative estimate of drug-likeness (QED) is 0.832. The van der Waals surface area contributed by atoms with Gasteiger partial charge < -0.3 is 10.6 Å². The van der Waals surface area contributed by atoms with Crippen LogP contribution in [-0.4, -0.2) is 24.8 Å². The van der Waals surface area contributed by atoms with E-state index in [-0.39, 0.29) is 4.99 Å². The smallest absolute Gasteiger partial charge is 0.389 e. The number of thiocarbonyl (C=S) groups is 1. The number of rotatable bonds is 3. The molecule has 0 fully saturated rings. The first-order chi connectivity index (χ1) is 7.31. The summed E-state index contributed by atoms with van der Waals surface area (Å²) in [6, 6.07) is 6.48. The predicted octanol–water partition coefficient (Wildman–Crippen LogP) is 2.32. The van der Waals surface area contributed by atoms with Crippen LogP contribution < -0.4 is 10.6 Å². The Kier molecular flexibility index (Phi) is 3.74. The van der Waals surface area contributed by atoms with Crippen molar-refractivity contribution >= 4 is 22.9 Å². The molecule has 0 spiro atoms. The molecule has 0 saturated carbocycles. The van der Waals surface area contributed by atoms with Gasteiger partial charge in [0.2, 0.25) is 0 Å². The number of alkyl halides is 3. The van der Waals surface area contributed by atoms with E-state index in [4.69, 9.17) is 18.0 Å². The number of anilines is 1. The fraction of sp³-hybridized carbons (Fsp3) is 0.300. The number of benzene rings is 1. The van der Waals surface area contributed by atoms with Gasteiger partial charge in [-0.05, 0) is 12.1 Å². The van der Waals surface area contributed by atoms with E-state index in [1.54, 1.807) is 24.3 Å². The van der Waals surface area contributed by atoms with E-state index >= 15 is 0 Å². The number of nitrogens with two attached hydrogens (primary N) is 1. The first-order valence-electron chi connectivity index (χ1n) is 4.48. The van der Waals surface area contributed by atoms with Crippen molar-refractivity contribution in [2.75, 3.05) is 18.5 Å². The molecular formula is C10H11F3N2S. The Morgan fingerprint density at radius 3 is 2.44 bits per heavy atom. The first-order valence-corrected chi connectivity index (χ1v) is 4.89. The molecule has 0 saturated heterocycles. The molecule has 0 aromatic heterocycles. The number of nitrogens with zero attached hydrogens (tertiary/aromatic N) is 1. The summed E-state index contributed by atoms with van der Waals surface area (Å²) in [5, 5.41) is 0. The summed E-state index contributed by atoms with van der Waals surface area (Å²) in [4.78, 5) is 1.17. The Balaban J connectivity index is 2.99. The minimum absolute atomic E-state index is 0.0876. The fourth-order valence-corrected chi connectivity index (χ4v) is 1.54. The second-order valence-corrected chi connectivity index (χ2v) is 3.79. The number of para-hydroxylation sites is 1. The Morgan fingerprint density at radius 1 is 1.38 bits per heavy atom. The van der Waals surface area contributed by atoms with Gasteiger partial charge in [-0.2, -0.15) is 13.2 Å². The Hall–Kier alpha value is -1.30. The molecule has 0 radical (unpaired) electrons. The highest BCUT2D eigenvalue weighted by Crippen LogP contribution is 2.23. The average Bonchev–Trinajstić information content (AvgIpc) is 2.15. The van der Waals surface area contributed by atoms with Gasteiger partial charge in [0.25, 0.3) is 0 Å². The molecule has 0 aliphatic carbocycles. The van der Waals surface area contributed by atoms with Gasteiger partial charge in [0.05, 0.1) is 0 Å². The summed E-state index contributed by atoms with van der Waals surface area (Å²) in [7, 11) is 1.35. The van der Waals surface area contributed by atoms with Gasteiger partial charge in [-0.3, -0.25) is 0 Å². The van der Waals surface area contributed by atoms with Crippen LogP contribution in [0, 0.1) is 0 Å². The van der Waals surface area contributed by atoms with Gasteiger partial charge in [-0.25, -0.2) is 0 Å². The van der Waals surface area contributed by atoms with E-state index in [2.05, 4.69) is 0 Å². The highest BCUT2D eigenvalue weighted by molar-refractivity contribution is 7.80. The molecule has 1 aromatic rings. The van der Waals surface area contributed by atoms with E-state index in [0.29, 0.717) is 11.3 Å². The minimum Gasteiger partial charge on any atom is -0.389 e. The summed E-state index contributed by atoms with van der Waals surface area (Å²) < 4.78 is 36.7. The van der Waals surface area contributed by atoms with Crippen LogP contribution in [0.1, 0.15) is 5.56 Å². The summed E-state index contributed by atoms with van der Waals surface area (Å²) in [6.45, 7) is -1.04. The SMILES string of the molecule is CN(CC(F)(F)F)c1ccccc1C(N)=S. The Morgan fingerprint density at radius 2 is 1.94 bits per heavy atom. The molecule has 0 unspecified atom stereocenters. The van der Waals surface area contributed by atoms with Crippen molar-refractivity contribution in [1.82, 2.24) is 0 Å². The van der Waals surface area contributed by atoms with Crippen LogP contribution in [0.2, 0.25) is 0 Å².